The highest BCUT2D eigenvalue weighted by atomic mass is 19.1. The smallest absolute Gasteiger partial charge is 0.149 e. The molecule has 1 atom stereocenters. The third kappa shape index (κ3) is 1.87. The number of hydrogen-bond acceptors (Lipinski definition) is 3. The van der Waals surface area contributed by atoms with E-state index in [0.717, 1.165) is 5.56 Å². The van der Waals surface area contributed by atoms with E-state index in [0.29, 0.717) is 5.69 Å². The Labute approximate surface area is 86.6 Å². The molecule has 1 aromatic carbocycles. The van der Waals surface area contributed by atoms with Gasteiger partial charge in [0.15, 0.2) is 0 Å². The van der Waals surface area contributed by atoms with Crippen LogP contribution in [0.5, 0.6) is 0 Å². The Morgan fingerprint density at radius 3 is 2.80 bits per heavy atom. The van der Waals surface area contributed by atoms with E-state index in [2.05, 4.69) is 10.1 Å². The molecule has 78 valence electrons. The third-order valence-corrected chi connectivity index (χ3v) is 2.16. The van der Waals surface area contributed by atoms with Crippen LogP contribution in [0.15, 0.2) is 30.9 Å². The van der Waals surface area contributed by atoms with Crippen molar-refractivity contribution in [3.05, 3.63) is 42.2 Å². The second kappa shape index (κ2) is 3.78. The molecule has 0 aliphatic carbocycles. The van der Waals surface area contributed by atoms with Crippen LogP contribution in [-0.4, -0.2) is 14.8 Å². The summed E-state index contributed by atoms with van der Waals surface area (Å²) in [6.45, 7) is 1.81. The van der Waals surface area contributed by atoms with Gasteiger partial charge in [-0.05, 0) is 24.6 Å². The van der Waals surface area contributed by atoms with Crippen LogP contribution in [-0.2, 0) is 0 Å². The van der Waals surface area contributed by atoms with Crippen LogP contribution >= 0.6 is 0 Å². The summed E-state index contributed by atoms with van der Waals surface area (Å²) in [4.78, 5) is 3.76. The SMILES string of the molecule is C[C@H](N)c1ccc(-n2cncn2)c(F)c1. The van der Waals surface area contributed by atoms with Gasteiger partial charge in [-0.2, -0.15) is 5.10 Å². The van der Waals surface area contributed by atoms with Crippen molar-refractivity contribution in [2.24, 2.45) is 5.73 Å². The van der Waals surface area contributed by atoms with E-state index in [-0.39, 0.29) is 11.9 Å². The molecule has 0 aliphatic heterocycles. The minimum atomic E-state index is -0.352. The average molecular weight is 206 g/mol. The van der Waals surface area contributed by atoms with Crippen molar-refractivity contribution < 1.29 is 4.39 Å². The molecule has 4 nitrogen and oxygen atoms in total. The van der Waals surface area contributed by atoms with Gasteiger partial charge in [0.25, 0.3) is 0 Å². The van der Waals surface area contributed by atoms with Gasteiger partial charge in [-0.25, -0.2) is 14.1 Å². The summed E-state index contributed by atoms with van der Waals surface area (Å²) in [5.41, 5.74) is 6.78. The normalized spacial score (nSPS) is 12.7. The van der Waals surface area contributed by atoms with Crippen molar-refractivity contribution in [2.75, 3.05) is 0 Å². The third-order valence-electron chi connectivity index (χ3n) is 2.16. The highest BCUT2D eigenvalue weighted by molar-refractivity contribution is 5.36. The van der Waals surface area contributed by atoms with Crippen LogP contribution in [0.4, 0.5) is 4.39 Å². The van der Waals surface area contributed by atoms with Gasteiger partial charge in [0.2, 0.25) is 0 Å². The van der Waals surface area contributed by atoms with E-state index in [4.69, 9.17) is 5.73 Å². The van der Waals surface area contributed by atoms with Crippen LogP contribution in [0.2, 0.25) is 0 Å². The maximum atomic E-state index is 13.6. The van der Waals surface area contributed by atoms with Crippen LogP contribution < -0.4 is 5.73 Å². The summed E-state index contributed by atoms with van der Waals surface area (Å²) in [6, 6.07) is 4.67. The van der Waals surface area contributed by atoms with Gasteiger partial charge in [-0.15, -0.1) is 0 Å². The van der Waals surface area contributed by atoms with Crippen molar-refractivity contribution in [3.8, 4) is 5.69 Å². The molecule has 1 aromatic heterocycles. The van der Waals surface area contributed by atoms with Crippen molar-refractivity contribution in [1.29, 1.82) is 0 Å². The number of aromatic nitrogens is 3. The second-order valence-electron chi connectivity index (χ2n) is 3.34. The minimum absolute atomic E-state index is 0.177. The first-order chi connectivity index (χ1) is 7.18. The van der Waals surface area contributed by atoms with Crippen LogP contribution in [0, 0.1) is 5.82 Å². The average Bonchev–Trinajstić information content (AvgIpc) is 2.70. The summed E-state index contributed by atoms with van der Waals surface area (Å²) in [6.07, 6.45) is 2.81. The van der Waals surface area contributed by atoms with Crippen molar-refractivity contribution in [2.45, 2.75) is 13.0 Å². The Hall–Kier alpha value is -1.75. The predicted octanol–water partition coefficient (Wildman–Crippen LogP) is 1.43. The lowest BCUT2D eigenvalue weighted by molar-refractivity contribution is 0.605. The van der Waals surface area contributed by atoms with Crippen molar-refractivity contribution in [1.82, 2.24) is 14.8 Å². The molecule has 0 aliphatic rings. The Balaban J connectivity index is 2.44. The molecule has 0 bridgehead atoms. The van der Waals surface area contributed by atoms with Crippen LogP contribution in [0.1, 0.15) is 18.5 Å². The Bertz CT molecular complexity index is 450. The van der Waals surface area contributed by atoms with E-state index in [9.17, 15) is 4.39 Å². The Kier molecular flexibility index (Phi) is 2.47. The number of rotatable bonds is 2. The summed E-state index contributed by atoms with van der Waals surface area (Å²) < 4.78 is 15.0. The van der Waals surface area contributed by atoms with E-state index in [1.54, 1.807) is 12.1 Å². The first-order valence-electron chi connectivity index (χ1n) is 4.58. The standard InChI is InChI=1S/C10H11FN4/c1-7(12)8-2-3-10(9(11)4-8)15-6-13-5-14-15/h2-7H,12H2,1H3/t7-/m0/s1. The zero-order valence-electron chi connectivity index (χ0n) is 8.26. The number of nitrogens with zero attached hydrogens (tertiary/aromatic N) is 3. The quantitative estimate of drug-likeness (QED) is 0.808. The van der Waals surface area contributed by atoms with Gasteiger partial charge < -0.3 is 5.73 Å². The monoisotopic (exact) mass is 206 g/mol. The summed E-state index contributed by atoms with van der Waals surface area (Å²) in [7, 11) is 0. The van der Waals surface area contributed by atoms with E-state index < -0.39 is 0 Å². The number of halogens is 1. The van der Waals surface area contributed by atoms with Gasteiger partial charge in [0.1, 0.15) is 24.2 Å². The molecule has 0 unspecified atom stereocenters. The van der Waals surface area contributed by atoms with Crippen molar-refractivity contribution in [3.63, 3.8) is 0 Å². The van der Waals surface area contributed by atoms with Crippen LogP contribution in [0.3, 0.4) is 0 Å². The fraction of sp³-hybridized carbons (Fsp3) is 0.200. The molecule has 0 saturated heterocycles. The molecule has 5 heteroatoms. The molecule has 2 aromatic rings. The fourth-order valence-corrected chi connectivity index (χ4v) is 1.32. The first-order valence-corrected chi connectivity index (χ1v) is 4.58. The lowest BCUT2D eigenvalue weighted by atomic mass is 10.1. The molecule has 0 spiro atoms. The molecular weight excluding hydrogens is 195 g/mol. The van der Waals surface area contributed by atoms with Crippen LogP contribution in [0.25, 0.3) is 5.69 Å². The molecular formula is C10H11FN4. The first kappa shape index (κ1) is 9.79. The molecule has 0 amide bonds. The Morgan fingerprint density at radius 2 is 2.27 bits per heavy atom. The van der Waals surface area contributed by atoms with Gasteiger partial charge in [0, 0.05) is 6.04 Å². The van der Waals surface area contributed by atoms with Gasteiger partial charge in [-0.3, -0.25) is 0 Å². The largest absolute Gasteiger partial charge is 0.324 e. The highest BCUT2D eigenvalue weighted by Gasteiger charge is 2.07. The molecule has 0 fully saturated rings. The molecule has 15 heavy (non-hydrogen) atoms. The fourth-order valence-electron chi connectivity index (χ4n) is 1.32. The minimum Gasteiger partial charge on any atom is -0.324 e. The maximum absolute atomic E-state index is 13.6. The number of benzene rings is 1. The number of nitrogens with two attached hydrogens (primary N) is 1. The van der Waals surface area contributed by atoms with Gasteiger partial charge >= 0.3 is 0 Å². The number of hydrogen-bond donors (Lipinski definition) is 1. The summed E-state index contributed by atoms with van der Waals surface area (Å²) >= 11 is 0. The molecule has 0 radical (unpaired) electrons. The topological polar surface area (TPSA) is 56.7 Å². The predicted molar refractivity (Wildman–Crippen MR) is 53.9 cm³/mol. The van der Waals surface area contributed by atoms with Crippen molar-refractivity contribution >= 4 is 0 Å². The highest BCUT2D eigenvalue weighted by Crippen LogP contribution is 2.17. The lowest BCUT2D eigenvalue weighted by Crippen LogP contribution is -2.06. The maximum Gasteiger partial charge on any atom is 0.149 e. The van der Waals surface area contributed by atoms with E-state index in [1.165, 1.54) is 23.4 Å². The summed E-state index contributed by atoms with van der Waals surface area (Å²) in [5.74, 6) is -0.352. The zero-order valence-corrected chi connectivity index (χ0v) is 8.26. The Morgan fingerprint density at radius 1 is 1.47 bits per heavy atom. The van der Waals surface area contributed by atoms with Gasteiger partial charge in [0.05, 0.1) is 0 Å². The zero-order chi connectivity index (χ0) is 10.8. The molecule has 2 rings (SSSR count). The summed E-state index contributed by atoms with van der Waals surface area (Å²) in [5, 5.41) is 3.86. The van der Waals surface area contributed by atoms with E-state index in [1.807, 2.05) is 6.92 Å². The van der Waals surface area contributed by atoms with E-state index >= 15 is 0 Å². The molecule has 0 saturated carbocycles. The molecule has 1 heterocycles. The van der Waals surface area contributed by atoms with Gasteiger partial charge in [-0.1, -0.05) is 6.07 Å². The second-order valence-corrected chi connectivity index (χ2v) is 3.34. The lowest BCUT2D eigenvalue weighted by Gasteiger charge is -2.08. The molecule has 2 N–H and O–H groups in total.